The zero-order valence-electron chi connectivity index (χ0n) is 7.55. The second kappa shape index (κ2) is 3.27. The van der Waals surface area contributed by atoms with Gasteiger partial charge in [-0.05, 0) is 0 Å². The van der Waals surface area contributed by atoms with Crippen LogP contribution in [0.3, 0.4) is 0 Å². The fourth-order valence-electron chi connectivity index (χ4n) is 1.11. The van der Waals surface area contributed by atoms with E-state index in [4.69, 9.17) is 11.2 Å². The van der Waals surface area contributed by atoms with E-state index < -0.39 is 24.1 Å². The lowest BCUT2D eigenvalue weighted by molar-refractivity contribution is -0.321. The molecule has 0 aromatic carbocycles. The first-order valence-corrected chi connectivity index (χ1v) is 3.71. The van der Waals surface area contributed by atoms with Crippen LogP contribution in [-0.2, 0) is 4.74 Å². The maximum atomic E-state index is 9.56. The first-order valence-electron chi connectivity index (χ1n) is 4.42. The zero-order valence-corrected chi connectivity index (χ0v) is 6.55. The van der Waals surface area contributed by atoms with E-state index in [1.54, 1.807) is 0 Å². The molecular formula is C7H14O5. The van der Waals surface area contributed by atoms with Crippen molar-refractivity contribution in [2.24, 2.45) is 0 Å². The quantitative estimate of drug-likeness (QED) is 0.381. The SMILES string of the molecule is [2H]CCC1(O)OC[C@@H](O)[C@H](O)[C@H]1O. The molecule has 0 spiro atoms. The van der Waals surface area contributed by atoms with Crippen molar-refractivity contribution in [2.75, 3.05) is 6.61 Å². The van der Waals surface area contributed by atoms with Gasteiger partial charge in [0.1, 0.15) is 18.3 Å². The van der Waals surface area contributed by atoms with Crippen molar-refractivity contribution in [1.29, 1.82) is 0 Å². The first-order chi connectivity index (χ1) is 6.01. The summed E-state index contributed by atoms with van der Waals surface area (Å²) in [4.78, 5) is 0. The van der Waals surface area contributed by atoms with Crippen molar-refractivity contribution in [3.63, 3.8) is 0 Å². The van der Waals surface area contributed by atoms with E-state index >= 15 is 0 Å². The molecule has 0 aliphatic carbocycles. The summed E-state index contributed by atoms with van der Waals surface area (Å²) in [6, 6.07) is 0. The topological polar surface area (TPSA) is 90.2 Å². The summed E-state index contributed by atoms with van der Waals surface area (Å²) in [5.41, 5.74) is 0. The Hall–Kier alpha value is -0.200. The van der Waals surface area contributed by atoms with Crippen molar-refractivity contribution >= 4 is 0 Å². The monoisotopic (exact) mass is 179 g/mol. The van der Waals surface area contributed by atoms with Gasteiger partial charge in [0.05, 0.1) is 6.61 Å². The molecule has 1 heterocycles. The molecule has 4 atom stereocenters. The van der Waals surface area contributed by atoms with Crippen LogP contribution >= 0.6 is 0 Å². The van der Waals surface area contributed by atoms with E-state index in [1.807, 2.05) is 0 Å². The van der Waals surface area contributed by atoms with Gasteiger partial charge in [0.2, 0.25) is 0 Å². The lowest BCUT2D eigenvalue weighted by Gasteiger charge is -2.41. The van der Waals surface area contributed by atoms with Gasteiger partial charge in [0, 0.05) is 7.79 Å². The van der Waals surface area contributed by atoms with Crippen LogP contribution < -0.4 is 0 Å². The van der Waals surface area contributed by atoms with Crippen LogP contribution in [0.15, 0.2) is 0 Å². The second-order valence-electron chi connectivity index (χ2n) is 2.91. The molecule has 1 rings (SSSR count). The molecule has 5 heteroatoms. The molecule has 0 radical (unpaired) electrons. The summed E-state index contributed by atoms with van der Waals surface area (Å²) < 4.78 is 11.7. The van der Waals surface area contributed by atoms with Gasteiger partial charge in [-0.25, -0.2) is 0 Å². The summed E-state index contributed by atoms with van der Waals surface area (Å²) in [6.45, 7) is -0.370. The summed E-state index contributed by atoms with van der Waals surface area (Å²) in [7, 11) is 0. The molecule has 0 saturated carbocycles. The van der Waals surface area contributed by atoms with Gasteiger partial charge in [0.15, 0.2) is 5.79 Å². The fraction of sp³-hybridized carbons (Fsp3) is 1.00. The molecule has 1 saturated heterocycles. The Morgan fingerprint density at radius 3 is 2.83 bits per heavy atom. The van der Waals surface area contributed by atoms with Crippen LogP contribution in [0.5, 0.6) is 0 Å². The molecule has 1 unspecified atom stereocenters. The van der Waals surface area contributed by atoms with Crippen LogP contribution in [0.25, 0.3) is 0 Å². The lowest BCUT2D eigenvalue weighted by atomic mass is 9.95. The minimum atomic E-state index is -1.90. The molecule has 1 fully saturated rings. The molecule has 1 aliphatic heterocycles. The zero-order chi connectivity index (χ0) is 10.1. The Kier molecular flexibility index (Phi) is 2.29. The fourth-order valence-corrected chi connectivity index (χ4v) is 1.11. The summed E-state index contributed by atoms with van der Waals surface area (Å²) in [5, 5.41) is 37.2. The third-order valence-corrected chi connectivity index (χ3v) is 2.04. The maximum absolute atomic E-state index is 9.56. The molecule has 0 amide bonds. The van der Waals surface area contributed by atoms with Gasteiger partial charge in [0.25, 0.3) is 0 Å². The van der Waals surface area contributed by atoms with E-state index in [9.17, 15) is 15.3 Å². The molecule has 0 aromatic rings. The summed E-state index contributed by atoms with van der Waals surface area (Å²) in [6.07, 6.45) is -4.29. The van der Waals surface area contributed by atoms with Gasteiger partial charge in [-0.3, -0.25) is 0 Å². The minimum absolute atomic E-state index is 0.0993. The van der Waals surface area contributed by atoms with E-state index in [1.165, 1.54) is 0 Å². The second-order valence-corrected chi connectivity index (χ2v) is 2.91. The molecule has 1 aliphatic rings. The molecule has 72 valence electrons. The highest BCUT2D eigenvalue weighted by Crippen LogP contribution is 2.26. The highest BCUT2D eigenvalue weighted by Gasteiger charge is 2.46. The van der Waals surface area contributed by atoms with Gasteiger partial charge in [-0.2, -0.15) is 0 Å². The summed E-state index contributed by atoms with van der Waals surface area (Å²) in [5.74, 6) is -1.90. The van der Waals surface area contributed by atoms with Crippen LogP contribution in [-0.4, -0.2) is 51.1 Å². The van der Waals surface area contributed by atoms with Crippen molar-refractivity contribution in [2.45, 2.75) is 37.4 Å². The molecule has 12 heavy (non-hydrogen) atoms. The number of hydrogen-bond acceptors (Lipinski definition) is 5. The Morgan fingerprint density at radius 2 is 2.25 bits per heavy atom. The van der Waals surface area contributed by atoms with Crippen LogP contribution in [0.4, 0.5) is 0 Å². The normalized spacial score (nSPS) is 50.3. The molecule has 0 bridgehead atoms. The first kappa shape index (κ1) is 8.40. The van der Waals surface area contributed by atoms with E-state index in [0.717, 1.165) is 0 Å². The third kappa shape index (κ3) is 1.46. The Labute approximate surface area is 71.6 Å². The highest BCUT2D eigenvalue weighted by atomic mass is 16.6. The van der Waals surface area contributed by atoms with Gasteiger partial charge in [-0.1, -0.05) is 6.90 Å². The largest absolute Gasteiger partial charge is 0.388 e. The summed E-state index contributed by atoms with van der Waals surface area (Å²) >= 11 is 0. The average Bonchev–Trinajstić information content (AvgIpc) is 2.10. The third-order valence-electron chi connectivity index (χ3n) is 2.04. The van der Waals surface area contributed by atoms with Crippen molar-refractivity contribution < 1.29 is 26.5 Å². The standard InChI is InChI=1S/C7H14O5/c1-2-7(11)6(10)5(9)4(8)3-12-7/h4-6,8-11H,2-3H2,1H3/t4-,5+,6-,7?/m1/s1/i1D. The number of hydrogen-bond donors (Lipinski definition) is 4. The van der Waals surface area contributed by atoms with Gasteiger partial charge in [-0.15, -0.1) is 0 Å². The maximum Gasteiger partial charge on any atom is 0.194 e. The highest BCUT2D eigenvalue weighted by molar-refractivity contribution is 4.90. The predicted octanol–water partition coefficient (Wildman–Crippen LogP) is -1.80. The van der Waals surface area contributed by atoms with Crippen LogP contribution in [0.1, 0.15) is 14.7 Å². The average molecular weight is 179 g/mol. The molecule has 0 aromatic heterocycles. The molecule has 5 nitrogen and oxygen atoms in total. The van der Waals surface area contributed by atoms with E-state index in [2.05, 4.69) is 0 Å². The lowest BCUT2D eigenvalue weighted by Crippen LogP contribution is -2.60. The number of ether oxygens (including phenoxy) is 1. The van der Waals surface area contributed by atoms with Gasteiger partial charge < -0.3 is 25.2 Å². The molecule has 4 N–H and O–H groups in total. The smallest absolute Gasteiger partial charge is 0.194 e. The number of aliphatic hydroxyl groups excluding tert-OH is 3. The predicted molar refractivity (Wildman–Crippen MR) is 39.2 cm³/mol. The number of rotatable bonds is 1. The number of aliphatic hydroxyl groups is 4. The van der Waals surface area contributed by atoms with Crippen molar-refractivity contribution in [3.05, 3.63) is 0 Å². The van der Waals surface area contributed by atoms with Crippen LogP contribution in [0, 0.1) is 0 Å². The van der Waals surface area contributed by atoms with Crippen molar-refractivity contribution in [3.8, 4) is 0 Å². The minimum Gasteiger partial charge on any atom is -0.388 e. The van der Waals surface area contributed by atoms with Crippen LogP contribution in [0.2, 0.25) is 0 Å². The Balaban J connectivity index is 2.67. The van der Waals surface area contributed by atoms with E-state index in [-0.39, 0.29) is 19.9 Å². The van der Waals surface area contributed by atoms with Gasteiger partial charge >= 0.3 is 0 Å². The van der Waals surface area contributed by atoms with E-state index in [0.29, 0.717) is 0 Å². The Bertz CT molecular complexity index is 178. The van der Waals surface area contributed by atoms with Crippen molar-refractivity contribution in [1.82, 2.24) is 0 Å². The Morgan fingerprint density at radius 1 is 1.58 bits per heavy atom. The molecular weight excluding hydrogens is 164 g/mol.